The fourth-order valence-corrected chi connectivity index (χ4v) is 5.38. The van der Waals surface area contributed by atoms with E-state index in [1.54, 1.807) is 47.6 Å². The summed E-state index contributed by atoms with van der Waals surface area (Å²) in [6.07, 6.45) is 6.66. The maximum Gasteiger partial charge on any atom is 0.285 e. The Morgan fingerprint density at radius 3 is 2.61 bits per heavy atom. The van der Waals surface area contributed by atoms with Crippen molar-refractivity contribution in [2.75, 3.05) is 13.1 Å². The minimum Gasteiger partial charge on any atom is -0.355 e. The van der Waals surface area contributed by atoms with Gasteiger partial charge < -0.3 is 4.90 Å². The number of sulfonamides is 1. The molecule has 0 unspecified atom stereocenters. The molecule has 0 saturated carbocycles. The van der Waals surface area contributed by atoms with Crippen molar-refractivity contribution in [1.29, 1.82) is 0 Å². The van der Waals surface area contributed by atoms with Crippen molar-refractivity contribution in [3.63, 3.8) is 0 Å². The zero-order valence-corrected chi connectivity index (χ0v) is 17.6. The summed E-state index contributed by atoms with van der Waals surface area (Å²) < 4.78 is 30.3. The lowest BCUT2D eigenvalue weighted by molar-refractivity contribution is 0.244. The van der Waals surface area contributed by atoms with Crippen molar-refractivity contribution in [3.8, 4) is 11.3 Å². The van der Waals surface area contributed by atoms with Gasteiger partial charge in [0.05, 0.1) is 12.0 Å². The van der Waals surface area contributed by atoms with Crippen LogP contribution >= 0.6 is 0 Å². The standard InChI is InChI=1S/C22H21N5O3S/c28-21-12-19(17-4-3-9-23-13-17)24-15-27(21)14-16-7-10-26(11-8-16)22-18-5-1-2-6-20(18)31(29,30)25-22/h1-6,9,12-13,15-16H,7-8,10-11,14H2. The monoisotopic (exact) mass is 435 g/mol. The molecule has 31 heavy (non-hydrogen) atoms. The first-order valence-electron chi connectivity index (χ1n) is 10.2. The van der Waals surface area contributed by atoms with Crippen molar-refractivity contribution < 1.29 is 8.42 Å². The van der Waals surface area contributed by atoms with Gasteiger partial charge in [-0.2, -0.15) is 8.42 Å². The Hall–Kier alpha value is -3.33. The minimum absolute atomic E-state index is 0.0866. The second-order valence-electron chi connectivity index (χ2n) is 7.82. The summed E-state index contributed by atoms with van der Waals surface area (Å²) in [5.41, 5.74) is 2.01. The quantitative estimate of drug-likeness (QED) is 0.625. The van der Waals surface area contributed by atoms with Crippen molar-refractivity contribution >= 4 is 15.9 Å². The smallest absolute Gasteiger partial charge is 0.285 e. The number of likely N-dealkylation sites (tertiary alicyclic amines) is 1. The van der Waals surface area contributed by atoms with E-state index in [-0.39, 0.29) is 10.5 Å². The topological polar surface area (TPSA) is 97.5 Å². The number of hydrogen-bond donors (Lipinski definition) is 0. The van der Waals surface area contributed by atoms with Gasteiger partial charge in [0.2, 0.25) is 0 Å². The van der Waals surface area contributed by atoms with E-state index in [9.17, 15) is 13.2 Å². The van der Waals surface area contributed by atoms with Crippen molar-refractivity contribution in [1.82, 2.24) is 19.4 Å². The normalized spacial score (nSPS) is 17.9. The van der Waals surface area contributed by atoms with Crippen LogP contribution in [0.25, 0.3) is 11.3 Å². The zero-order chi connectivity index (χ0) is 21.4. The van der Waals surface area contributed by atoms with Gasteiger partial charge in [-0.05, 0) is 43.0 Å². The Kier molecular flexibility index (Phi) is 4.90. The van der Waals surface area contributed by atoms with Crippen molar-refractivity contribution in [3.05, 3.63) is 77.1 Å². The van der Waals surface area contributed by atoms with Crippen LogP contribution in [0.2, 0.25) is 0 Å². The number of pyridine rings is 1. The highest BCUT2D eigenvalue weighted by Crippen LogP contribution is 2.29. The Bertz CT molecular complexity index is 1310. The van der Waals surface area contributed by atoms with Crippen LogP contribution in [0.15, 0.2) is 75.3 Å². The molecule has 4 heterocycles. The predicted octanol–water partition coefficient (Wildman–Crippen LogP) is 2.17. The van der Waals surface area contributed by atoms with Crippen LogP contribution in [0.5, 0.6) is 0 Å². The highest BCUT2D eigenvalue weighted by molar-refractivity contribution is 7.90. The van der Waals surface area contributed by atoms with E-state index in [1.165, 1.54) is 0 Å². The molecule has 0 amide bonds. The van der Waals surface area contributed by atoms with Crippen LogP contribution < -0.4 is 5.56 Å². The molecular formula is C22H21N5O3S. The molecule has 5 rings (SSSR count). The molecule has 1 aromatic carbocycles. The zero-order valence-electron chi connectivity index (χ0n) is 16.8. The summed E-state index contributed by atoms with van der Waals surface area (Å²) in [7, 11) is -3.61. The molecule has 2 aliphatic heterocycles. The third-order valence-electron chi connectivity index (χ3n) is 5.82. The van der Waals surface area contributed by atoms with Crippen molar-refractivity contribution in [2.45, 2.75) is 24.3 Å². The highest BCUT2D eigenvalue weighted by atomic mass is 32.2. The van der Waals surface area contributed by atoms with E-state index in [0.717, 1.165) is 18.4 Å². The third kappa shape index (κ3) is 3.76. The third-order valence-corrected chi connectivity index (χ3v) is 7.14. The van der Waals surface area contributed by atoms with Gasteiger partial charge in [0.1, 0.15) is 4.90 Å². The van der Waals surface area contributed by atoms with E-state index >= 15 is 0 Å². The molecule has 3 aromatic rings. The summed E-state index contributed by atoms with van der Waals surface area (Å²) in [4.78, 5) is 23.4. The highest BCUT2D eigenvalue weighted by Gasteiger charge is 2.33. The van der Waals surface area contributed by atoms with E-state index < -0.39 is 10.0 Å². The molecule has 0 spiro atoms. The molecule has 0 bridgehead atoms. The average molecular weight is 436 g/mol. The maximum atomic E-state index is 12.6. The molecule has 9 heteroatoms. The van der Waals surface area contributed by atoms with Crippen LogP contribution in [0, 0.1) is 5.92 Å². The van der Waals surface area contributed by atoms with Gasteiger partial charge >= 0.3 is 0 Å². The molecule has 0 aliphatic carbocycles. The predicted molar refractivity (Wildman–Crippen MR) is 116 cm³/mol. The first-order valence-corrected chi connectivity index (χ1v) is 11.6. The maximum absolute atomic E-state index is 12.6. The Labute approximate surface area is 180 Å². The number of benzene rings is 1. The summed E-state index contributed by atoms with van der Waals surface area (Å²) >= 11 is 0. The molecule has 2 aliphatic rings. The lowest BCUT2D eigenvalue weighted by Gasteiger charge is -2.33. The van der Waals surface area contributed by atoms with E-state index in [4.69, 9.17) is 0 Å². The molecule has 0 radical (unpaired) electrons. The van der Waals surface area contributed by atoms with Gasteiger partial charge in [-0.3, -0.25) is 14.3 Å². The fourth-order valence-electron chi connectivity index (χ4n) is 4.16. The van der Waals surface area contributed by atoms with Gasteiger partial charge in [0.25, 0.3) is 15.6 Å². The molecule has 8 nitrogen and oxygen atoms in total. The van der Waals surface area contributed by atoms with Gasteiger partial charge in [-0.25, -0.2) is 4.98 Å². The second kappa shape index (κ2) is 7.73. The van der Waals surface area contributed by atoms with Gasteiger partial charge in [-0.1, -0.05) is 12.1 Å². The summed E-state index contributed by atoms with van der Waals surface area (Å²) in [6, 6.07) is 12.2. The second-order valence-corrected chi connectivity index (χ2v) is 9.40. The van der Waals surface area contributed by atoms with Crippen LogP contribution in [-0.4, -0.2) is 46.8 Å². The number of nitrogens with zero attached hydrogens (tertiary/aromatic N) is 5. The number of fused-ring (bicyclic) bond motifs is 1. The number of rotatable bonds is 3. The van der Waals surface area contributed by atoms with E-state index in [1.807, 2.05) is 23.1 Å². The number of piperidine rings is 1. The average Bonchev–Trinajstić information content (AvgIpc) is 3.07. The van der Waals surface area contributed by atoms with Crippen LogP contribution in [0.4, 0.5) is 0 Å². The van der Waals surface area contributed by atoms with Gasteiger partial charge in [0, 0.05) is 49.2 Å². The lowest BCUT2D eigenvalue weighted by Crippen LogP contribution is -2.40. The SMILES string of the molecule is O=c1cc(-c2cccnc2)ncn1CC1CCN(C2=NS(=O)(=O)c3ccccc32)CC1. The Morgan fingerprint density at radius 2 is 1.87 bits per heavy atom. The summed E-state index contributed by atoms with van der Waals surface area (Å²) in [5, 5.41) is 0. The van der Waals surface area contributed by atoms with Gasteiger partial charge in [-0.15, -0.1) is 4.40 Å². The number of aromatic nitrogens is 3. The molecular weight excluding hydrogens is 414 g/mol. The number of hydrogen-bond acceptors (Lipinski definition) is 6. The molecule has 0 N–H and O–H groups in total. The van der Waals surface area contributed by atoms with Gasteiger partial charge in [0.15, 0.2) is 5.84 Å². The molecule has 0 atom stereocenters. The number of amidine groups is 1. The minimum atomic E-state index is -3.61. The first-order chi connectivity index (χ1) is 15.0. The molecule has 1 saturated heterocycles. The van der Waals surface area contributed by atoms with E-state index in [2.05, 4.69) is 14.4 Å². The Morgan fingerprint density at radius 1 is 1.06 bits per heavy atom. The lowest BCUT2D eigenvalue weighted by atomic mass is 9.96. The van der Waals surface area contributed by atoms with Crippen LogP contribution in [0.3, 0.4) is 0 Å². The molecule has 2 aromatic heterocycles. The first kappa shape index (κ1) is 19.6. The summed E-state index contributed by atoms with van der Waals surface area (Å²) in [6.45, 7) is 1.99. The Balaban J connectivity index is 1.27. The van der Waals surface area contributed by atoms with Crippen LogP contribution in [0.1, 0.15) is 18.4 Å². The fraction of sp³-hybridized carbons (Fsp3) is 0.273. The van der Waals surface area contributed by atoms with E-state index in [0.29, 0.717) is 42.6 Å². The largest absolute Gasteiger partial charge is 0.355 e. The molecule has 1 fully saturated rings. The molecule has 158 valence electrons. The summed E-state index contributed by atoms with van der Waals surface area (Å²) in [5.74, 6) is 0.850. The van der Waals surface area contributed by atoms with Crippen LogP contribution in [-0.2, 0) is 16.6 Å². The van der Waals surface area contributed by atoms with Crippen molar-refractivity contribution in [2.24, 2.45) is 10.3 Å².